The zero-order valence-electron chi connectivity index (χ0n) is 14.7. The largest absolute Gasteiger partial charge is 0.380 e. The van der Waals surface area contributed by atoms with E-state index in [4.69, 9.17) is 9.72 Å². The third kappa shape index (κ3) is 3.83. The van der Waals surface area contributed by atoms with Crippen LogP contribution in [0, 0.1) is 0 Å². The summed E-state index contributed by atoms with van der Waals surface area (Å²) in [6.07, 6.45) is 0. The van der Waals surface area contributed by atoms with E-state index in [2.05, 4.69) is 80.6 Å². The lowest BCUT2D eigenvalue weighted by molar-refractivity contribution is 0.140. The van der Waals surface area contributed by atoms with Crippen LogP contribution in [0.5, 0.6) is 0 Å². The van der Waals surface area contributed by atoms with E-state index in [0.717, 1.165) is 44.5 Å². The highest BCUT2D eigenvalue weighted by Crippen LogP contribution is 2.34. The fourth-order valence-electron chi connectivity index (χ4n) is 2.92. The number of ether oxygens (including phenoxy) is 1. The smallest absolute Gasteiger partial charge is 0.141 e. The third-order valence-electron chi connectivity index (χ3n) is 4.29. The second-order valence-corrected chi connectivity index (χ2v) is 8.00. The maximum atomic E-state index is 5.59. The molecule has 3 rings (SSSR count). The van der Waals surface area contributed by atoms with Crippen LogP contribution in [0.1, 0.15) is 32.3 Å². The zero-order chi connectivity index (χ0) is 18.0. The van der Waals surface area contributed by atoms with Crippen molar-refractivity contribution in [2.45, 2.75) is 33.2 Å². The highest BCUT2D eigenvalue weighted by molar-refractivity contribution is 9.11. The van der Waals surface area contributed by atoms with Crippen molar-refractivity contribution in [1.82, 2.24) is 9.55 Å². The summed E-state index contributed by atoms with van der Waals surface area (Å²) in [5, 5.41) is 0. The molecule has 0 amide bonds. The Kier molecular flexibility index (Phi) is 5.97. The summed E-state index contributed by atoms with van der Waals surface area (Å²) in [6, 6.07) is 12.8. The minimum absolute atomic E-state index is 0.522. The fourth-order valence-corrected chi connectivity index (χ4v) is 3.86. The van der Waals surface area contributed by atoms with Crippen LogP contribution in [0.2, 0.25) is 0 Å². The summed E-state index contributed by atoms with van der Waals surface area (Å²) in [5.74, 6) is 1.49. The molecule has 25 heavy (non-hydrogen) atoms. The van der Waals surface area contributed by atoms with Crippen molar-refractivity contribution in [3.05, 3.63) is 50.9 Å². The quantitative estimate of drug-likeness (QED) is 0.394. The highest BCUT2D eigenvalue weighted by atomic mass is 79.9. The van der Waals surface area contributed by atoms with E-state index in [0.29, 0.717) is 12.5 Å². The molecule has 0 bridgehead atoms. The molecular formula is C20H22Br2N2O. The standard InChI is InChI=1S/C20H22Br2N2O/c1-4-25-12-11-24-19-17(22)10-9-16(21)18(19)23-20(24)15-7-5-14(6-8-15)13(2)3/h5-10,13H,4,11-12H2,1-3H3. The van der Waals surface area contributed by atoms with Crippen molar-refractivity contribution in [2.75, 3.05) is 13.2 Å². The van der Waals surface area contributed by atoms with Gasteiger partial charge in [0.2, 0.25) is 0 Å². The van der Waals surface area contributed by atoms with E-state index in [1.165, 1.54) is 5.56 Å². The van der Waals surface area contributed by atoms with Crippen LogP contribution < -0.4 is 0 Å². The number of imidazole rings is 1. The van der Waals surface area contributed by atoms with Crippen molar-refractivity contribution in [1.29, 1.82) is 0 Å². The second-order valence-electron chi connectivity index (χ2n) is 6.29. The van der Waals surface area contributed by atoms with Crippen molar-refractivity contribution in [3.63, 3.8) is 0 Å². The normalized spacial score (nSPS) is 11.6. The van der Waals surface area contributed by atoms with E-state index in [9.17, 15) is 0 Å². The number of aromatic nitrogens is 2. The molecule has 0 spiro atoms. The van der Waals surface area contributed by atoms with Gasteiger partial charge < -0.3 is 9.30 Å². The van der Waals surface area contributed by atoms with Gasteiger partial charge in [0.15, 0.2) is 0 Å². The predicted molar refractivity (Wildman–Crippen MR) is 111 cm³/mol. The van der Waals surface area contributed by atoms with Gasteiger partial charge in [-0.05, 0) is 62.4 Å². The number of hydrogen-bond donors (Lipinski definition) is 0. The first-order valence-corrected chi connectivity index (χ1v) is 10.1. The molecule has 0 saturated carbocycles. The molecule has 1 aromatic heterocycles. The first-order valence-electron chi connectivity index (χ1n) is 8.55. The molecule has 2 aromatic carbocycles. The topological polar surface area (TPSA) is 27.1 Å². The Morgan fingerprint density at radius 1 is 1.04 bits per heavy atom. The monoisotopic (exact) mass is 464 g/mol. The van der Waals surface area contributed by atoms with Crippen LogP contribution in [0.25, 0.3) is 22.4 Å². The lowest BCUT2D eigenvalue weighted by atomic mass is 10.0. The number of fused-ring (bicyclic) bond motifs is 1. The summed E-state index contributed by atoms with van der Waals surface area (Å²) in [5.41, 5.74) is 4.52. The molecule has 3 nitrogen and oxygen atoms in total. The van der Waals surface area contributed by atoms with E-state index < -0.39 is 0 Å². The molecule has 1 heterocycles. The Morgan fingerprint density at radius 3 is 2.36 bits per heavy atom. The number of benzene rings is 2. The second kappa shape index (κ2) is 8.02. The predicted octanol–water partition coefficient (Wildman–Crippen LogP) is 6.39. The molecule has 5 heteroatoms. The Balaban J connectivity index is 2.14. The van der Waals surface area contributed by atoms with E-state index in [1.807, 2.05) is 13.0 Å². The molecule has 0 fully saturated rings. The van der Waals surface area contributed by atoms with Crippen molar-refractivity contribution < 1.29 is 4.74 Å². The Labute approximate surface area is 165 Å². The number of halogens is 2. The fraction of sp³-hybridized carbons (Fsp3) is 0.350. The van der Waals surface area contributed by atoms with Crippen molar-refractivity contribution in [2.24, 2.45) is 0 Å². The van der Waals surface area contributed by atoms with Gasteiger partial charge in [-0.25, -0.2) is 4.98 Å². The van der Waals surface area contributed by atoms with Gasteiger partial charge in [-0.3, -0.25) is 0 Å². The van der Waals surface area contributed by atoms with Gasteiger partial charge in [0.25, 0.3) is 0 Å². The number of rotatable bonds is 6. The molecule has 0 aliphatic heterocycles. The van der Waals surface area contributed by atoms with Gasteiger partial charge in [-0.1, -0.05) is 38.1 Å². The summed E-state index contributed by atoms with van der Waals surface area (Å²) in [7, 11) is 0. The van der Waals surface area contributed by atoms with Crippen molar-refractivity contribution >= 4 is 42.9 Å². The van der Waals surface area contributed by atoms with E-state index >= 15 is 0 Å². The third-order valence-corrected chi connectivity index (χ3v) is 5.57. The molecular weight excluding hydrogens is 444 g/mol. The molecule has 3 aromatic rings. The Bertz CT molecular complexity index is 870. The molecule has 0 aliphatic rings. The molecule has 0 saturated heterocycles. The lowest BCUT2D eigenvalue weighted by Crippen LogP contribution is -2.07. The highest BCUT2D eigenvalue weighted by Gasteiger charge is 2.17. The van der Waals surface area contributed by atoms with Crippen LogP contribution in [-0.2, 0) is 11.3 Å². The number of nitrogens with zero attached hydrogens (tertiary/aromatic N) is 2. The summed E-state index contributed by atoms with van der Waals surface area (Å²) < 4.78 is 9.87. The van der Waals surface area contributed by atoms with Gasteiger partial charge in [0, 0.05) is 27.7 Å². The SMILES string of the molecule is CCOCCn1c(-c2ccc(C(C)C)cc2)nc2c(Br)ccc(Br)c21. The van der Waals surface area contributed by atoms with Crippen LogP contribution in [0.3, 0.4) is 0 Å². The lowest BCUT2D eigenvalue weighted by Gasteiger charge is -2.11. The Hall–Kier alpha value is -1.17. The van der Waals surface area contributed by atoms with Gasteiger partial charge in [-0.15, -0.1) is 0 Å². The first-order chi connectivity index (χ1) is 12.0. The minimum Gasteiger partial charge on any atom is -0.380 e. The maximum Gasteiger partial charge on any atom is 0.141 e. The molecule has 132 valence electrons. The van der Waals surface area contributed by atoms with Crippen LogP contribution in [0.4, 0.5) is 0 Å². The van der Waals surface area contributed by atoms with Gasteiger partial charge >= 0.3 is 0 Å². The number of hydrogen-bond acceptors (Lipinski definition) is 2. The van der Waals surface area contributed by atoms with Crippen LogP contribution >= 0.6 is 31.9 Å². The van der Waals surface area contributed by atoms with E-state index in [1.54, 1.807) is 0 Å². The Morgan fingerprint density at radius 2 is 1.72 bits per heavy atom. The molecule has 0 atom stereocenters. The summed E-state index contributed by atoms with van der Waals surface area (Å²) in [4.78, 5) is 4.93. The zero-order valence-corrected chi connectivity index (χ0v) is 17.9. The molecule has 0 radical (unpaired) electrons. The maximum absolute atomic E-state index is 5.59. The molecule has 0 aliphatic carbocycles. The summed E-state index contributed by atoms with van der Waals surface area (Å²) in [6.45, 7) is 8.58. The summed E-state index contributed by atoms with van der Waals surface area (Å²) >= 11 is 7.32. The van der Waals surface area contributed by atoms with E-state index in [-0.39, 0.29) is 0 Å². The van der Waals surface area contributed by atoms with Gasteiger partial charge in [-0.2, -0.15) is 0 Å². The van der Waals surface area contributed by atoms with Crippen molar-refractivity contribution in [3.8, 4) is 11.4 Å². The van der Waals surface area contributed by atoms with Crippen LogP contribution in [0.15, 0.2) is 45.3 Å². The molecule has 0 N–H and O–H groups in total. The average Bonchev–Trinajstić information content (AvgIpc) is 2.99. The average molecular weight is 466 g/mol. The van der Waals surface area contributed by atoms with Gasteiger partial charge in [0.05, 0.1) is 12.1 Å². The van der Waals surface area contributed by atoms with Gasteiger partial charge in [0.1, 0.15) is 11.3 Å². The molecule has 0 unspecified atom stereocenters. The van der Waals surface area contributed by atoms with Crippen LogP contribution in [-0.4, -0.2) is 22.8 Å². The minimum atomic E-state index is 0.522. The first kappa shape index (κ1) is 18.6.